The molecule has 1 aliphatic heterocycles. The number of carbonyl (C=O) groups is 8. The number of benzene rings is 1. The summed E-state index contributed by atoms with van der Waals surface area (Å²) < 4.78 is 17.3. The van der Waals surface area contributed by atoms with Crippen LogP contribution in [0, 0.1) is 29.6 Å². The summed E-state index contributed by atoms with van der Waals surface area (Å²) in [5.41, 5.74) is 3.35. The van der Waals surface area contributed by atoms with Gasteiger partial charge in [-0.2, -0.15) is 0 Å². The van der Waals surface area contributed by atoms with Gasteiger partial charge in [0, 0.05) is 50.2 Å². The van der Waals surface area contributed by atoms with Crippen molar-refractivity contribution >= 4 is 58.8 Å². The van der Waals surface area contributed by atoms with Crippen LogP contribution in [0.5, 0.6) is 5.75 Å². The Labute approximate surface area is 441 Å². The van der Waals surface area contributed by atoms with Crippen molar-refractivity contribution in [3.63, 3.8) is 0 Å². The smallest absolute Gasteiger partial charge is 0.334 e. The topological polar surface area (TPSA) is 261 Å². The number of aromatic nitrogens is 1. The van der Waals surface area contributed by atoms with Gasteiger partial charge in [-0.15, -0.1) is 11.3 Å². The number of likely N-dealkylation sites (tertiary alicyclic amines) is 1. The highest BCUT2D eigenvalue weighted by Gasteiger charge is 2.40. The van der Waals surface area contributed by atoms with E-state index in [-0.39, 0.29) is 90.6 Å². The summed E-state index contributed by atoms with van der Waals surface area (Å²) in [6, 6.07) is 2.83. The third-order valence-corrected chi connectivity index (χ3v) is 13.9. The molecule has 0 aliphatic carbocycles. The minimum Gasteiger partial charge on any atom is -0.481 e. The van der Waals surface area contributed by atoms with Crippen molar-refractivity contribution in [1.29, 1.82) is 0 Å². The standard InChI is InChI=1S/C53H83N7O13S/c1-13-34(9)47(58-49(65)41-17-15-16-24-59(41)12)51(66)60(30-70-45(63)25-31(3)4)42(32(5)6)28-43(72-36(11)61)50-56-40(29-74-50)48(64)55-38(26-35(10)52(67)68)27-37-18-20-39(21-19-37)73-53(69)46(33(7)8)57-44(62)22-23-54-71-14-2/h18-21,29,31-35,38,41-43,46-47,54H,13-17,22-28,30H2,1-12H3,(H,55,64)(H,57,62)(H,58,65)(H,67,68)/t34-,35-,38+,41+,42+,43+,46+,47-/m0/s1. The Morgan fingerprint density at radius 1 is 0.892 bits per heavy atom. The molecule has 2 heterocycles. The molecule has 1 aromatic carbocycles. The number of carboxylic acid groups (broad SMARTS) is 1. The first-order valence-electron chi connectivity index (χ1n) is 26.0. The quantitative estimate of drug-likeness (QED) is 0.0191. The second-order valence-corrected chi connectivity index (χ2v) is 21.3. The maximum atomic E-state index is 14.9. The summed E-state index contributed by atoms with van der Waals surface area (Å²) in [5, 5.41) is 20.3. The lowest BCUT2D eigenvalue weighted by atomic mass is 9.92. The summed E-state index contributed by atoms with van der Waals surface area (Å²) in [6.45, 7) is 20.5. The molecule has 1 saturated heterocycles. The summed E-state index contributed by atoms with van der Waals surface area (Å²) in [4.78, 5) is 119. The number of carboxylic acids is 1. The van der Waals surface area contributed by atoms with Crippen LogP contribution in [0.1, 0.15) is 155 Å². The lowest BCUT2D eigenvalue weighted by Gasteiger charge is -2.39. The van der Waals surface area contributed by atoms with Crippen LogP contribution in [0.2, 0.25) is 0 Å². The number of ether oxygens (including phenoxy) is 3. The second-order valence-electron chi connectivity index (χ2n) is 20.4. The Kier molecular flexibility index (Phi) is 26.6. The van der Waals surface area contributed by atoms with Crippen LogP contribution in [0.15, 0.2) is 29.6 Å². The third-order valence-electron chi connectivity index (χ3n) is 13.0. The largest absolute Gasteiger partial charge is 0.481 e. The van der Waals surface area contributed by atoms with Gasteiger partial charge in [0.25, 0.3) is 5.91 Å². The molecule has 414 valence electrons. The predicted molar refractivity (Wildman–Crippen MR) is 278 cm³/mol. The third kappa shape index (κ3) is 20.7. The number of carbonyl (C=O) groups excluding carboxylic acids is 7. The molecule has 1 aromatic heterocycles. The maximum Gasteiger partial charge on any atom is 0.334 e. The normalized spacial score (nSPS) is 16.8. The van der Waals surface area contributed by atoms with Gasteiger partial charge in [0.15, 0.2) is 12.8 Å². The molecular formula is C53H83N7O13S. The van der Waals surface area contributed by atoms with Crippen molar-refractivity contribution in [3.05, 3.63) is 45.9 Å². The van der Waals surface area contributed by atoms with Gasteiger partial charge in [-0.25, -0.2) is 15.3 Å². The fourth-order valence-electron chi connectivity index (χ4n) is 8.51. The van der Waals surface area contributed by atoms with Crippen molar-refractivity contribution in [2.45, 2.75) is 170 Å². The van der Waals surface area contributed by atoms with Crippen LogP contribution in [-0.2, 0) is 54.3 Å². The molecule has 21 heteroatoms. The monoisotopic (exact) mass is 1060 g/mol. The van der Waals surface area contributed by atoms with Gasteiger partial charge in [-0.05, 0) is 87.6 Å². The van der Waals surface area contributed by atoms with Crippen LogP contribution < -0.4 is 26.2 Å². The SMILES string of the molecule is CCONCCC(=O)N[C@@H](C(=O)Oc1ccc(C[C@@H](C[C@H](C)C(=O)O)NC(=O)c2csc([C@@H](C[C@H](C(C)C)N(COC(=O)CC(C)C)C(=O)[C@@H](NC(=O)[C@H]3CCCCN3C)[C@@H](C)CC)OC(C)=O)n2)cc1)C(C)C. The number of thiazole rings is 1. The number of hydroxylamine groups is 1. The van der Waals surface area contributed by atoms with Crippen LogP contribution in [0.25, 0.3) is 0 Å². The van der Waals surface area contributed by atoms with Crippen LogP contribution in [0.4, 0.5) is 0 Å². The maximum absolute atomic E-state index is 14.9. The first kappa shape index (κ1) is 62.8. The number of amides is 4. The average Bonchev–Trinajstić information content (AvgIpc) is 3.84. The molecule has 8 atom stereocenters. The van der Waals surface area contributed by atoms with E-state index in [9.17, 15) is 43.5 Å². The molecule has 0 unspecified atom stereocenters. The van der Waals surface area contributed by atoms with E-state index in [1.54, 1.807) is 38.1 Å². The Bertz CT molecular complexity index is 2150. The van der Waals surface area contributed by atoms with Crippen LogP contribution in [0.3, 0.4) is 0 Å². The number of hydrogen-bond acceptors (Lipinski definition) is 16. The van der Waals surface area contributed by atoms with E-state index in [2.05, 4.69) is 26.4 Å². The van der Waals surface area contributed by atoms with E-state index in [4.69, 9.17) is 19.0 Å². The molecule has 0 radical (unpaired) electrons. The Balaban J connectivity index is 1.89. The van der Waals surface area contributed by atoms with Crippen molar-refractivity contribution in [2.75, 3.05) is 33.5 Å². The fraction of sp³-hybridized carbons (Fsp3) is 0.679. The molecule has 5 N–H and O–H groups in total. The number of likely N-dealkylation sites (N-methyl/N-ethyl adjacent to an activating group) is 1. The van der Waals surface area contributed by atoms with Crippen LogP contribution in [-0.4, -0.2) is 131 Å². The van der Waals surface area contributed by atoms with E-state index >= 15 is 0 Å². The highest BCUT2D eigenvalue weighted by molar-refractivity contribution is 7.09. The van der Waals surface area contributed by atoms with E-state index < -0.39 is 84.7 Å². The van der Waals surface area contributed by atoms with Gasteiger partial charge in [0.05, 0.1) is 18.6 Å². The van der Waals surface area contributed by atoms with Crippen molar-refractivity contribution in [2.24, 2.45) is 29.6 Å². The van der Waals surface area contributed by atoms with Crippen molar-refractivity contribution < 1.29 is 62.5 Å². The average molecular weight is 1060 g/mol. The number of esters is 3. The lowest BCUT2D eigenvalue weighted by Crippen LogP contribution is -2.59. The molecule has 0 saturated carbocycles. The van der Waals surface area contributed by atoms with Gasteiger partial charge in [-0.3, -0.25) is 38.5 Å². The lowest BCUT2D eigenvalue weighted by molar-refractivity contribution is -0.161. The Morgan fingerprint density at radius 2 is 1.58 bits per heavy atom. The number of hydrogen-bond donors (Lipinski definition) is 5. The minimum atomic E-state index is -1.06. The van der Waals surface area contributed by atoms with Crippen molar-refractivity contribution in [1.82, 2.24) is 36.2 Å². The zero-order valence-corrected chi connectivity index (χ0v) is 46.3. The summed E-state index contributed by atoms with van der Waals surface area (Å²) >= 11 is 1.07. The molecular weight excluding hydrogens is 975 g/mol. The Hall–Kier alpha value is -5.51. The Morgan fingerprint density at radius 3 is 2.16 bits per heavy atom. The first-order valence-corrected chi connectivity index (χ1v) is 26.9. The number of aliphatic carboxylic acids is 1. The van der Waals surface area contributed by atoms with Gasteiger partial charge in [-0.1, -0.05) is 87.3 Å². The first-order chi connectivity index (χ1) is 34.9. The second kappa shape index (κ2) is 31.4. The van der Waals surface area contributed by atoms with E-state index in [1.807, 2.05) is 60.4 Å². The number of piperidine rings is 1. The minimum absolute atomic E-state index is 0.00464. The number of nitrogens with one attached hydrogen (secondary N) is 4. The van der Waals surface area contributed by atoms with E-state index in [1.165, 1.54) is 24.1 Å². The molecule has 0 spiro atoms. The fourth-order valence-corrected chi connectivity index (χ4v) is 9.35. The highest BCUT2D eigenvalue weighted by Crippen LogP contribution is 2.32. The van der Waals surface area contributed by atoms with E-state index in [0.29, 0.717) is 25.0 Å². The zero-order valence-electron chi connectivity index (χ0n) is 45.5. The zero-order chi connectivity index (χ0) is 55.2. The van der Waals surface area contributed by atoms with Gasteiger partial charge in [0.2, 0.25) is 17.7 Å². The summed E-state index contributed by atoms with van der Waals surface area (Å²) in [7, 11) is 1.89. The molecule has 3 rings (SSSR count). The molecule has 1 fully saturated rings. The molecule has 0 bridgehead atoms. The van der Waals surface area contributed by atoms with Gasteiger partial charge in [0.1, 0.15) is 28.5 Å². The summed E-state index contributed by atoms with van der Waals surface area (Å²) in [5.74, 6) is -6.03. The molecule has 4 amide bonds. The number of nitrogens with zero attached hydrogens (tertiary/aromatic N) is 3. The molecule has 2 aromatic rings. The predicted octanol–water partition coefficient (Wildman–Crippen LogP) is 5.98. The summed E-state index contributed by atoms with van der Waals surface area (Å²) in [6.07, 6.45) is 2.45. The van der Waals surface area contributed by atoms with Gasteiger partial charge >= 0.3 is 23.9 Å². The van der Waals surface area contributed by atoms with Crippen LogP contribution >= 0.6 is 11.3 Å². The highest BCUT2D eigenvalue weighted by atomic mass is 32.1. The molecule has 1 aliphatic rings. The van der Waals surface area contributed by atoms with Crippen molar-refractivity contribution in [3.8, 4) is 5.75 Å². The molecule has 74 heavy (non-hydrogen) atoms. The van der Waals surface area contributed by atoms with Gasteiger partial charge < -0.3 is 45.0 Å². The van der Waals surface area contributed by atoms with E-state index in [0.717, 1.165) is 30.7 Å². The molecule has 20 nitrogen and oxygen atoms in total. The number of rotatable bonds is 31.